The van der Waals surface area contributed by atoms with Gasteiger partial charge in [0.25, 0.3) is 0 Å². The standard InChI is InChI=1S/C89H166O16Si5/c1-31-72(102-110(41-11,42-12)64(13)14)58-76-66(16)51-55-89(99-76)61-75-57-74(98-89)59-78(93-63-70-47-49-73(91-27)50-48-70)71(56-65(15)62-94-106(29,30)85(20,21)22)46-44-43-45-53-87(25,104-108(35-5,36-6)37-7)84(103-107(32-2,33-3)34-4)82(97-80-60-77(92-28)67(17)69(19)95-80)81-68(18)83(101-86(23,24)100-81)88(26,54-52-79(90)96-75)105-109(38-8,39-9)40-10/h44,46-50,52,54,64-69,71-72,74-78,80-84H,31-43,45,51,53,55-63H2,1-30H3/b46-44+,54-52+/t65-,66-,67+,68+,69+,71?,72+,74?,75?,76-,77-,78?,80+,81+,82-,83-,84+,87+,88+,89?/m0/s1. The van der Waals surface area contributed by atoms with Gasteiger partial charge in [-0.1, -0.05) is 170 Å². The lowest BCUT2D eigenvalue weighted by atomic mass is 9.78. The Labute approximate surface area is 678 Å². The highest BCUT2D eigenvalue weighted by Gasteiger charge is 2.60. The Bertz CT molecular complexity index is 2890. The van der Waals surface area contributed by atoms with Gasteiger partial charge in [-0.2, -0.15) is 0 Å². The first-order chi connectivity index (χ1) is 51.7. The minimum atomic E-state index is -2.58. The average molecular weight is 1630 g/mol. The predicted molar refractivity (Wildman–Crippen MR) is 463 cm³/mol. The molecule has 4 saturated heterocycles. The van der Waals surface area contributed by atoms with Gasteiger partial charge in [-0.05, 0) is 205 Å². The number of allylic oxidation sites excluding steroid dienone is 1. The fourth-order valence-corrected chi connectivity index (χ4v) is 32.6. The summed E-state index contributed by atoms with van der Waals surface area (Å²) < 4.78 is 111. The van der Waals surface area contributed by atoms with E-state index in [0.29, 0.717) is 57.3 Å². The summed E-state index contributed by atoms with van der Waals surface area (Å²) in [7, 11) is -8.31. The maximum absolute atomic E-state index is 15.7. The van der Waals surface area contributed by atoms with Crippen molar-refractivity contribution in [2.24, 2.45) is 29.6 Å². The normalized spacial score (nSPS) is 33.5. The number of hydrogen-bond donors (Lipinski definition) is 0. The third-order valence-electron chi connectivity index (χ3n) is 28.5. The number of rotatable bonds is 35. The second-order valence-electron chi connectivity index (χ2n) is 37.4. The average Bonchev–Trinajstić information content (AvgIpc) is 0.741. The number of benzene rings is 1. The van der Waals surface area contributed by atoms with Crippen LogP contribution in [0.3, 0.4) is 0 Å². The molecule has 1 spiro atoms. The first-order valence-electron chi connectivity index (χ1n) is 44.5. The minimum Gasteiger partial charge on any atom is -0.497 e. The van der Waals surface area contributed by atoms with Gasteiger partial charge >= 0.3 is 5.97 Å². The first kappa shape index (κ1) is 97.4. The highest BCUT2D eigenvalue weighted by atomic mass is 28.4. The van der Waals surface area contributed by atoms with Crippen LogP contribution in [-0.4, -0.2) is 165 Å². The molecule has 5 unspecified atom stereocenters. The zero-order valence-electron chi connectivity index (χ0n) is 75.7. The van der Waals surface area contributed by atoms with Crippen LogP contribution >= 0.6 is 0 Å². The molecule has 1 aromatic rings. The summed E-state index contributed by atoms with van der Waals surface area (Å²) in [6, 6.07) is 18.6. The second-order valence-corrected chi connectivity index (χ2v) is 61.2. The monoisotopic (exact) mass is 1630 g/mol. The Hall–Kier alpha value is -1.47. The molecule has 0 amide bonds. The van der Waals surface area contributed by atoms with Crippen LogP contribution in [0.25, 0.3) is 0 Å². The Morgan fingerprint density at radius 1 is 0.673 bits per heavy atom. The largest absolute Gasteiger partial charge is 0.497 e. The van der Waals surface area contributed by atoms with Gasteiger partial charge in [0, 0.05) is 75.8 Å². The maximum atomic E-state index is 15.7. The minimum absolute atomic E-state index is 0.0415. The number of ether oxygens (including phenoxy) is 10. The van der Waals surface area contributed by atoms with E-state index in [2.05, 4.69) is 204 Å². The molecule has 21 heteroatoms. The second kappa shape index (κ2) is 42.5. The van der Waals surface area contributed by atoms with Crippen molar-refractivity contribution in [3.63, 3.8) is 0 Å². The number of carbonyl (C=O) groups is 1. The summed E-state index contributed by atoms with van der Waals surface area (Å²) in [5, 5.41) is 0.0450. The molecule has 16 nitrogen and oxygen atoms in total. The summed E-state index contributed by atoms with van der Waals surface area (Å²) >= 11 is 0. The first-order valence-corrected chi connectivity index (χ1v) is 57.3. The van der Waals surface area contributed by atoms with E-state index in [9.17, 15) is 0 Å². The van der Waals surface area contributed by atoms with Crippen molar-refractivity contribution in [1.82, 2.24) is 0 Å². The van der Waals surface area contributed by atoms with E-state index in [1.54, 1.807) is 13.2 Å². The van der Waals surface area contributed by atoms with Gasteiger partial charge in [0.05, 0.1) is 67.6 Å². The van der Waals surface area contributed by atoms with Gasteiger partial charge in [-0.25, -0.2) is 4.79 Å². The number of hydrogen-bond acceptors (Lipinski definition) is 16. The van der Waals surface area contributed by atoms with Gasteiger partial charge in [0.2, 0.25) is 0 Å². The molecule has 20 atom stereocenters. The number of methoxy groups -OCH3 is 2. The van der Waals surface area contributed by atoms with Gasteiger partial charge < -0.3 is 69.5 Å². The molecule has 4 bridgehead atoms. The van der Waals surface area contributed by atoms with Crippen molar-refractivity contribution in [2.75, 3.05) is 20.8 Å². The summed E-state index contributed by atoms with van der Waals surface area (Å²) in [5.41, 5.74) is -0.543. The molecule has 1 aromatic carbocycles. The van der Waals surface area contributed by atoms with Crippen LogP contribution in [0.4, 0.5) is 0 Å². The van der Waals surface area contributed by atoms with E-state index in [-0.39, 0.29) is 59.2 Å². The van der Waals surface area contributed by atoms with E-state index < -0.39 is 119 Å². The van der Waals surface area contributed by atoms with Crippen molar-refractivity contribution >= 4 is 47.6 Å². The lowest BCUT2D eigenvalue weighted by Crippen LogP contribution is -2.68. The third-order valence-corrected chi connectivity index (χ3v) is 52.4. The predicted octanol–water partition coefficient (Wildman–Crippen LogP) is 23.4. The Balaban J connectivity index is 1.68. The molecule has 5 heterocycles. The van der Waals surface area contributed by atoms with Crippen LogP contribution in [-0.2, 0) is 76.2 Å². The molecular weight excluding hydrogens is 1470 g/mol. The summed E-state index contributed by atoms with van der Waals surface area (Å²) in [6.07, 6.45) is 11.7. The van der Waals surface area contributed by atoms with E-state index in [1.165, 1.54) is 0 Å². The number of carbonyl (C=O) groups excluding carboxylic acids is 1. The van der Waals surface area contributed by atoms with Crippen LogP contribution < -0.4 is 4.74 Å². The highest BCUT2D eigenvalue weighted by Crippen LogP contribution is 2.50. The maximum Gasteiger partial charge on any atom is 0.330 e. The van der Waals surface area contributed by atoms with Crippen LogP contribution in [0.15, 0.2) is 48.6 Å². The van der Waals surface area contributed by atoms with Gasteiger partial charge in [0.15, 0.2) is 59.5 Å². The molecule has 0 aliphatic carbocycles. The molecule has 0 saturated carbocycles. The molecule has 6 rings (SSSR count). The lowest BCUT2D eigenvalue weighted by molar-refractivity contribution is -0.370. The van der Waals surface area contributed by atoms with E-state index in [1.807, 2.05) is 39.2 Å². The summed E-state index contributed by atoms with van der Waals surface area (Å²) in [5.74, 6) is -1.81. The smallest absolute Gasteiger partial charge is 0.330 e. The Kier molecular flexibility index (Phi) is 37.6. The SMILES string of the molecule is CC[C@H](C[C@@H]1OC2(CC[C@@H]1C)CC1CC(CC(OCc3ccc(OC)cc3)C(C[C@H](C)CO[Si](C)(C)C(C)(C)C)/C=C/CCC[C@@](C)(O[Si](CC)(CC)CC)[C@H](O[Si](CC)(CC)CC)[C@@H](O[C@@H]3C[C@H](OC)[C@H](C)[C@@H](C)O3)[C@@H]3OC(C)(C)O[C@@H]([C@@H]3C)[C@](C)(O[Si](CC)(CC)CC)/C=C/C(=O)O1)O2)O[Si](CC)(CC)C(C)C. The van der Waals surface area contributed by atoms with Crippen LogP contribution in [0.2, 0.25) is 90.2 Å². The molecule has 5 aliphatic rings. The van der Waals surface area contributed by atoms with E-state index in [4.69, 9.17) is 69.5 Å². The van der Waals surface area contributed by atoms with Crippen molar-refractivity contribution < 1.29 is 74.3 Å². The molecule has 0 radical (unpaired) electrons. The molecule has 4 fully saturated rings. The molecule has 0 aromatic heterocycles. The van der Waals surface area contributed by atoms with Crippen molar-refractivity contribution in [3.8, 4) is 5.75 Å². The number of fused-ring (bicyclic) bond motifs is 4. The molecule has 110 heavy (non-hydrogen) atoms. The Morgan fingerprint density at radius 3 is 1.84 bits per heavy atom. The zero-order valence-corrected chi connectivity index (χ0v) is 80.7. The van der Waals surface area contributed by atoms with Crippen molar-refractivity contribution in [3.05, 3.63) is 54.1 Å². The topological polar surface area (TPSA) is 156 Å². The molecule has 638 valence electrons. The quantitative estimate of drug-likeness (QED) is 0.0359. The van der Waals surface area contributed by atoms with Gasteiger partial charge in [-0.3, -0.25) is 0 Å². The zero-order chi connectivity index (χ0) is 82.1. The van der Waals surface area contributed by atoms with E-state index >= 15 is 4.79 Å². The van der Waals surface area contributed by atoms with Gasteiger partial charge in [0.1, 0.15) is 24.1 Å². The highest BCUT2D eigenvalue weighted by molar-refractivity contribution is 6.76. The Morgan fingerprint density at radius 2 is 1.28 bits per heavy atom. The van der Waals surface area contributed by atoms with Crippen LogP contribution in [0, 0.1) is 29.6 Å². The summed E-state index contributed by atoms with van der Waals surface area (Å²) in [4.78, 5) is 15.7. The van der Waals surface area contributed by atoms with E-state index in [0.717, 1.165) is 116 Å². The lowest BCUT2D eigenvalue weighted by Gasteiger charge is -2.57. The van der Waals surface area contributed by atoms with Crippen molar-refractivity contribution in [1.29, 1.82) is 0 Å². The molecule has 0 N–H and O–H groups in total. The van der Waals surface area contributed by atoms with Crippen LogP contribution in [0.1, 0.15) is 263 Å². The third kappa shape index (κ3) is 25.1. The molecule has 5 aliphatic heterocycles. The number of esters is 1. The fraction of sp³-hybridized carbons (Fsp3) is 0.876. The fourth-order valence-electron chi connectivity index (χ4n) is 18.7. The van der Waals surface area contributed by atoms with Crippen LogP contribution in [0.5, 0.6) is 5.75 Å². The summed E-state index contributed by atoms with van der Waals surface area (Å²) in [6.45, 7) is 64.9. The molecular formula is C89H166O16Si5. The van der Waals surface area contributed by atoms with Gasteiger partial charge in [-0.15, -0.1) is 0 Å². The van der Waals surface area contributed by atoms with Crippen molar-refractivity contribution in [2.45, 2.75) is 450 Å².